The third-order valence-electron chi connectivity index (χ3n) is 2.02. The van der Waals surface area contributed by atoms with Crippen molar-refractivity contribution in [3.63, 3.8) is 0 Å². The van der Waals surface area contributed by atoms with E-state index >= 15 is 0 Å². The molecule has 1 aromatic rings. The fourth-order valence-corrected chi connectivity index (χ4v) is 2.16. The van der Waals surface area contributed by atoms with E-state index < -0.39 is 0 Å². The van der Waals surface area contributed by atoms with Crippen molar-refractivity contribution in [2.75, 3.05) is 0 Å². The van der Waals surface area contributed by atoms with Crippen LogP contribution in [-0.2, 0) is 0 Å². The van der Waals surface area contributed by atoms with E-state index in [9.17, 15) is 4.79 Å². The lowest BCUT2D eigenvalue weighted by Gasteiger charge is -2.12. The topological polar surface area (TPSA) is 29.1 Å². The van der Waals surface area contributed by atoms with Gasteiger partial charge in [0.2, 0.25) is 0 Å². The number of halogens is 2. The predicted molar refractivity (Wildman–Crippen MR) is 70.9 cm³/mol. The first kappa shape index (κ1) is 13.3. The molecular weight excluding hydrogens is 289 g/mol. The number of amides is 1. The van der Waals surface area contributed by atoms with E-state index in [0.29, 0.717) is 10.6 Å². The minimum Gasteiger partial charge on any atom is -0.349 e. The van der Waals surface area contributed by atoms with Gasteiger partial charge < -0.3 is 5.32 Å². The van der Waals surface area contributed by atoms with Gasteiger partial charge in [0.1, 0.15) is 0 Å². The molecule has 0 saturated carbocycles. The summed E-state index contributed by atoms with van der Waals surface area (Å²) >= 11 is 9.16. The van der Waals surface area contributed by atoms with Gasteiger partial charge in [-0.15, -0.1) is 6.58 Å². The Labute approximate surface area is 109 Å². The van der Waals surface area contributed by atoms with Gasteiger partial charge in [-0.1, -0.05) is 33.6 Å². The molecule has 0 fully saturated rings. The first-order valence-electron chi connectivity index (χ1n) is 4.90. The van der Waals surface area contributed by atoms with Crippen molar-refractivity contribution in [3.8, 4) is 0 Å². The number of rotatable bonds is 4. The van der Waals surface area contributed by atoms with E-state index in [1.165, 1.54) is 0 Å². The molecule has 1 N–H and O–H groups in total. The van der Waals surface area contributed by atoms with Gasteiger partial charge in [-0.3, -0.25) is 4.79 Å². The van der Waals surface area contributed by atoms with E-state index in [0.717, 1.165) is 10.9 Å². The smallest absolute Gasteiger partial charge is 0.251 e. The molecule has 86 valence electrons. The van der Waals surface area contributed by atoms with Crippen molar-refractivity contribution in [2.45, 2.75) is 19.4 Å². The molecule has 1 rings (SSSR count). The van der Waals surface area contributed by atoms with Crippen LogP contribution in [-0.4, -0.2) is 11.9 Å². The van der Waals surface area contributed by atoms with Crippen molar-refractivity contribution >= 4 is 33.4 Å². The van der Waals surface area contributed by atoms with Crippen LogP contribution in [0.15, 0.2) is 35.3 Å². The zero-order valence-corrected chi connectivity index (χ0v) is 11.3. The van der Waals surface area contributed by atoms with Gasteiger partial charge >= 0.3 is 0 Å². The fourth-order valence-electron chi connectivity index (χ4n) is 1.30. The molecule has 0 aliphatic carbocycles. The predicted octanol–water partition coefficient (Wildman–Crippen LogP) is 3.80. The largest absolute Gasteiger partial charge is 0.349 e. The Bertz CT molecular complexity index is 386. The van der Waals surface area contributed by atoms with E-state index in [-0.39, 0.29) is 11.9 Å². The summed E-state index contributed by atoms with van der Waals surface area (Å²) in [5, 5.41) is 3.40. The molecule has 4 heteroatoms. The van der Waals surface area contributed by atoms with Crippen LogP contribution in [0.4, 0.5) is 0 Å². The first-order valence-corrected chi connectivity index (χ1v) is 6.08. The fraction of sp³-hybridized carbons (Fsp3) is 0.250. The van der Waals surface area contributed by atoms with E-state index in [1.54, 1.807) is 24.3 Å². The van der Waals surface area contributed by atoms with Crippen LogP contribution in [0.3, 0.4) is 0 Å². The molecule has 0 bridgehead atoms. The van der Waals surface area contributed by atoms with Gasteiger partial charge in [-0.25, -0.2) is 0 Å². The summed E-state index contributed by atoms with van der Waals surface area (Å²) in [7, 11) is 0. The lowest BCUT2D eigenvalue weighted by molar-refractivity contribution is 0.0940. The molecule has 0 aliphatic heterocycles. The number of benzene rings is 1. The van der Waals surface area contributed by atoms with Crippen molar-refractivity contribution in [2.24, 2.45) is 0 Å². The average Bonchev–Trinajstić information content (AvgIpc) is 2.16. The lowest BCUT2D eigenvalue weighted by Crippen LogP contribution is -2.32. The van der Waals surface area contributed by atoms with Crippen LogP contribution in [0.25, 0.3) is 0 Å². The maximum Gasteiger partial charge on any atom is 0.251 e. The van der Waals surface area contributed by atoms with Gasteiger partial charge in [-0.2, -0.15) is 0 Å². The van der Waals surface area contributed by atoms with Gasteiger partial charge in [0.15, 0.2) is 0 Å². The Morgan fingerprint density at radius 2 is 2.31 bits per heavy atom. The third-order valence-corrected chi connectivity index (χ3v) is 2.70. The molecule has 1 amide bonds. The van der Waals surface area contributed by atoms with Crippen molar-refractivity contribution in [1.82, 2.24) is 5.32 Å². The third kappa shape index (κ3) is 3.99. The Hall–Kier alpha value is -0.800. The molecule has 1 atom stereocenters. The minimum absolute atomic E-state index is 0.0720. The van der Waals surface area contributed by atoms with Crippen molar-refractivity contribution in [3.05, 3.63) is 45.9 Å². The minimum atomic E-state index is -0.127. The van der Waals surface area contributed by atoms with Gasteiger partial charge in [0, 0.05) is 21.1 Å². The summed E-state index contributed by atoms with van der Waals surface area (Å²) in [5.74, 6) is -0.127. The molecule has 0 aromatic heterocycles. The van der Waals surface area contributed by atoms with Gasteiger partial charge in [0.05, 0.1) is 0 Å². The van der Waals surface area contributed by atoms with E-state index in [4.69, 9.17) is 11.6 Å². The van der Waals surface area contributed by atoms with Crippen LogP contribution < -0.4 is 5.32 Å². The van der Waals surface area contributed by atoms with Crippen molar-refractivity contribution < 1.29 is 4.79 Å². The molecule has 0 radical (unpaired) electrons. The molecule has 1 unspecified atom stereocenters. The highest BCUT2D eigenvalue weighted by atomic mass is 79.9. The Kier molecular flexibility index (Phi) is 5.03. The highest BCUT2D eigenvalue weighted by Crippen LogP contribution is 2.19. The summed E-state index contributed by atoms with van der Waals surface area (Å²) in [6.45, 7) is 5.56. The molecule has 0 spiro atoms. The lowest BCUT2D eigenvalue weighted by atomic mass is 10.2. The van der Waals surface area contributed by atoms with E-state index in [2.05, 4.69) is 27.8 Å². The van der Waals surface area contributed by atoms with Crippen LogP contribution in [0, 0.1) is 0 Å². The summed E-state index contributed by atoms with van der Waals surface area (Å²) in [5.41, 5.74) is 0.551. The highest BCUT2D eigenvalue weighted by Gasteiger charge is 2.09. The number of hydrogen-bond acceptors (Lipinski definition) is 1. The molecule has 2 nitrogen and oxygen atoms in total. The Morgan fingerprint density at radius 3 is 2.88 bits per heavy atom. The van der Waals surface area contributed by atoms with Crippen molar-refractivity contribution in [1.29, 1.82) is 0 Å². The zero-order chi connectivity index (χ0) is 12.1. The second kappa shape index (κ2) is 6.06. The molecule has 1 aromatic carbocycles. The maximum absolute atomic E-state index is 11.8. The summed E-state index contributed by atoms with van der Waals surface area (Å²) in [4.78, 5) is 11.8. The van der Waals surface area contributed by atoms with Crippen LogP contribution >= 0.6 is 27.5 Å². The SMILES string of the molecule is C=CCC(C)NC(=O)c1cc(Cl)cc(Br)c1. The van der Waals surface area contributed by atoms with Crippen LogP contribution in [0.1, 0.15) is 23.7 Å². The molecule has 0 saturated heterocycles. The molecule has 16 heavy (non-hydrogen) atoms. The second-order valence-electron chi connectivity index (χ2n) is 3.56. The first-order chi connectivity index (χ1) is 7.52. The standard InChI is InChI=1S/C12H13BrClNO/c1-3-4-8(2)15-12(16)9-5-10(13)7-11(14)6-9/h3,5-8H,1,4H2,2H3,(H,15,16). The number of hydrogen-bond donors (Lipinski definition) is 1. The molecular formula is C12H13BrClNO. The second-order valence-corrected chi connectivity index (χ2v) is 4.91. The highest BCUT2D eigenvalue weighted by molar-refractivity contribution is 9.10. The molecule has 0 aliphatic rings. The van der Waals surface area contributed by atoms with E-state index in [1.807, 2.05) is 6.92 Å². The Morgan fingerprint density at radius 1 is 1.62 bits per heavy atom. The zero-order valence-electron chi connectivity index (χ0n) is 8.97. The van der Waals surface area contributed by atoms with Crippen LogP contribution in [0.2, 0.25) is 5.02 Å². The molecule has 0 heterocycles. The summed E-state index contributed by atoms with van der Waals surface area (Å²) in [6.07, 6.45) is 2.52. The average molecular weight is 303 g/mol. The summed E-state index contributed by atoms with van der Waals surface area (Å²) < 4.78 is 0.793. The van der Waals surface area contributed by atoms with Gasteiger partial charge in [-0.05, 0) is 31.5 Å². The quantitative estimate of drug-likeness (QED) is 0.842. The number of carbonyl (C=O) groups excluding carboxylic acids is 1. The van der Waals surface area contributed by atoms with Gasteiger partial charge in [0.25, 0.3) is 5.91 Å². The monoisotopic (exact) mass is 301 g/mol. The normalized spacial score (nSPS) is 11.9. The Balaban J connectivity index is 2.76. The number of nitrogens with one attached hydrogen (secondary N) is 1. The summed E-state index contributed by atoms with van der Waals surface area (Å²) in [6, 6.07) is 5.19. The van der Waals surface area contributed by atoms with Crippen LogP contribution in [0.5, 0.6) is 0 Å². The maximum atomic E-state index is 11.8. The number of carbonyl (C=O) groups is 1.